The SMILES string of the molecule is O=C(Nc1ccc(OC(F)(F)C(F)F)cc1)N1CC(c2ccccc2)C(c2ccc(Cl)cc2)=N1. The zero-order valence-electron chi connectivity index (χ0n) is 17.5. The molecule has 0 bridgehead atoms. The van der Waals surface area contributed by atoms with Crippen LogP contribution in [-0.2, 0) is 0 Å². The van der Waals surface area contributed by atoms with Crippen molar-refractivity contribution in [2.24, 2.45) is 5.10 Å². The van der Waals surface area contributed by atoms with Crippen LogP contribution < -0.4 is 10.1 Å². The number of urea groups is 1. The fraction of sp³-hybridized carbons (Fsp3) is 0.167. The number of nitrogens with one attached hydrogen (secondary N) is 1. The molecule has 1 aliphatic heterocycles. The predicted molar refractivity (Wildman–Crippen MR) is 121 cm³/mol. The highest BCUT2D eigenvalue weighted by molar-refractivity contribution is 6.30. The number of carbonyl (C=O) groups is 1. The maximum absolute atomic E-state index is 13.1. The zero-order chi connectivity index (χ0) is 24.3. The Morgan fingerprint density at radius 2 is 1.68 bits per heavy atom. The highest BCUT2D eigenvalue weighted by Crippen LogP contribution is 2.31. The summed E-state index contributed by atoms with van der Waals surface area (Å²) in [5.41, 5.74) is 2.74. The minimum Gasteiger partial charge on any atom is -0.428 e. The molecular weight excluding hydrogens is 474 g/mol. The van der Waals surface area contributed by atoms with E-state index in [0.29, 0.717) is 10.7 Å². The zero-order valence-corrected chi connectivity index (χ0v) is 18.2. The molecular formula is C24H18ClF4N3O2. The molecule has 0 spiro atoms. The van der Waals surface area contributed by atoms with E-state index in [-0.39, 0.29) is 18.2 Å². The van der Waals surface area contributed by atoms with Crippen LogP contribution >= 0.6 is 11.6 Å². The molecule has 1 N–H and O–H groups in total. The first kappa shape index (κ1) is 23.6. The maximum atomic E-state index is 13.1. The number of hydrogen-bond acceptors (Lipinski definition) is 3. The fourth-order valence-electron chi connectivity index (χ4n) is 3.45. The first-order valence-electron chi connectivity index (χ1n) is 10.2. The summed E-state index contributed by atoms with van der Waals surface area (Å²) in [5, 5.41) is 8.98. The Morgan fingerprint density at radius 1 is 1.03 bits per heavy atom. The molecule has 1 aliphatic rings. The number of halogens is 5. The molecule has 0 radical (unpaired) electrons. The Labute approximate surface area is 197 Å². The lowest BCUT2D eigenvalue weighted by molar-refractivity contribution is -0.253. The average molecular weight is 492 g/mol. The molecule has 0 saturated heterocycles. The van der Waals surface area contributed by atoms with Gasteiger partial charge in [-0.1, -0.05) is 54.1 Å². The standard InChI is InChI=1S/C24H18ClF4N3O2/c25-17-8-6-16(7-9-17)21-20(15-4-2-1-3-5-15)14-32(31-21)23(33)30-18-10-12-19(13-11-18)34-24(28,29)22(26)27/h1-13,20,22H,14H2,(H,30,33). The van der Waals surface area contributed by atoms with Gasteiger partial charge in [-0.3, -0.25) is 0 Å². The van der Waals surface area contributed by atoms with Crippen LogP contribution in [-0.4, -0.2) is 35.8 Å². The lowest BCUT2D eigenvalue weighted by atomic mass is 9.91. The molecule has 1 atom stereocenters. The highest BCUT2D eigenvalue weighted by Gasteiger charge is 2.44. The van der Waals surface area contributed by atoms with E-state index < -0.39 is 24.3 Å². The van der Waals surface area contributed by atoms with Crippen LogP contribution in [0.4, 0.5) is 28.0 Å². The van der Waals surface area contributed by atoms with Crippen molar-refractivity contribution in [3.05, 3.63) is 95.0 Å². The van der Waals surface area contributed by atoms with Crippen molar-refractivity contribution >= 4 is 29.0 Å². The molecule has 0 saturated carbocycles. The molecule has 3 aromatic rings. The van der Waals surface area contributed by atoms with E-state index >= 15 is 0 Å². The van der Waals surface area contributed by atoms with Gasteiger partial charge < -0.3 is 10.1 Å². The van der Waals surface area contributed by atoms with E-state index in [4.69, 9.17) is 11.6 Å². The summed E-state index contributed by atoms with van der Waals surface area (Å²) < 4.78 is 54.7. The van der Waals surface area contributed by atoms with Gasteiger partial charge in [-0.15, -0.1) is 0 Å². The van der Waals surface area contributed by atoms with Crippen molar-refractivity contribution < 1.29 is 27.1 Å². The van der Waals surface area contributed by atoms with Gasteiger partial charge >= 0.3 is 18.6 Å². The van der Waals surface area contributed by atoms with Gasteiger partial charge in [0.2, 0.25) is 0 Å². The molecule has 0 aromatic heterocycles. The summed E-state index contributed by atoms with van der Waals surface area (Å²) in [6.07, 6.45) is -8.58. The summed E-state index contributed by atoms with van der Waals surface area (Å²) in [4.78, 5) is 12.9. The first-order valence-corrected chi connectivity index (χ1v) is 10.5. The van der Waals surface area contributed by atoms with E-state index in [1.165, 1.54) is 17.1 Å². The second-order valence-corrected chi connectivity index (χ2v) is 7.89. The van der Waals surface area contributed by atoms with Gasteiger partial charge in [0.25, 0.3) is 0 Å². The van der Waals surface area contributed by atoms with Crippen molar-refractivity contribution in [3.8, 4) is 5.75 Å². The van der Waals surface area contributed by atoms with Crippen molar-refractivity contribution in [1.82, 2.24) is 5.01 Å². The Bertz CT molecular complexity index is 1170. The number of alkyl halides is 4. The molecule has 2 amide bonds. The fourth-order valence-corrected chi connectivity index (χ4v) is 3.58. The normalized spacial score (nSPS) is 15.9. The Hall–Kier alpha value is -3.59. The van der Waals surface area contributed by atoms with Gasteiger partial charge in [-0.2, -0.15) is 22.7 Å². The third kappa shape index (κ3) is 5.31. The molecule has 0 aliphatic carbocycles. The smallest absolute Gasteiger partial charge is 0.428 e. The highest BCUT2D eigenvalue weighted by atomic mass is 35.5. The number of nitrogens with zero attached hydrogens (tertiary/aromatic N) is 2. The number of anilines is 1. The number of hydrogen-bond donors (Lipinski definition) is 1. The Balaban J connectivity index is 1.51. The number of rotatable bonds is 6. The van der Waals surface area contributed by atoms with Crippen molar-refractivity contribution in [2.75, 3.05) is 11.9 Å². The van der Waals surface area contributed by atoms with E-state index in [9.17, 15) is 22.4 Å². The largest absolute Gasteiger partial charge is 0.461 e. The monoisotopic (exact) mass is 491 g/mol. The minimum atomic E-state index is -4.61. The molecule has 5 nitrogen and oxygen atoms in total. The minimum absolute atomic E-state index is 0.180. The summed E-state index contributed by atoms with van der Waals surface area (Å²) in [7, 11) is 0. The van der Waals surface area contributed by atoms with Gasteiger partial charge in [-0.25, -0.2) is 9.80 Å². The van der Waals surface area contributed by atoms with Crippen LogP contribution in [0, 0.1) is 0 Å². The molecule has 1 heterocycles. The van der Waals surface area contributed by atoms with E-state index in [0.717, 1.165) is 23.3 Å². The van der Waals surface area contributed by atoms with Gasteiger partial charge in [0, 0.05) is 16.6 Å². The van der Waals surface area contributed by atoms with Gasteiger partial charge in [-0.05, 0) is 47.5 Å². The lowest BCUT2D eigenvalue weighted by Gasteiger charge is -2.18. The van der Waals surface area contributed by atoms with E-state index in [1.54, 1.807) is 12.1 Å². The first-order chi connectivity index (χ1) is 16.2. The molecule has 34 heavy (non-hydrogen) atoms. The summed E-state index contributed by atoms with van der Waals surface area (Å²) >= 11 is 6.00. The topological polar surface area (TPSA) is 53.9 Å². The second-order valence-electron chi connectivity index (χ2n) is 7.46. The lowest BCUT2D eigenvalue weighted by Crippen LogP contribution is -2.33. The third-order valence-corrected chi connectivity index (χ3v) is 5.36. The van der Waals surface area contributed by atoms with Crippen molar-refractivity contribution in [1.29, 1.82) is 0 Å². The number of benzene rings is 3. The molecule has 3 aromatic carbocycles. The Morgan fingerprint density at radius 3 is 2.29 bits per heavy atom. The van der Waals surface area contributed by atoms with Crippen LogP contribution in [0.5, 0.6) is 5.75 Å². The summed E-state index contributed by atoms with van der Waals surface area (Å²) in [6, 6.07) is 20.8. The van der Waals surface area contributed by atoms with Crippen LogP contribution in [0.1, 0.15) is 17.0 Å². The van der Waals surface area contributed by atoms with E-state index in [2.05, 4.69) is 15.2 Å². The summed E-state index contributed by atoms with van der Waals surface area (Å²) in [5.74, 6) is -0.642. The number of hydrazone groups is 1. The number of carbonyl (C=O) groups excluding carboxylic acids is 1. The molecule has 1 unspecified atom stereocenters. The van der Waals surface area contributed by atoms with Crippen LogP contribution in [0.3, 0.4) is 0 Å². The quantitative estimate of drug-likeness (QED) is 0.394. The predicted octanol–water partition coefficient (Wildman–Crippen LogP) is 6.61. The van der Waals surface area contributed by atoms with Gasteiger partial charge in [0.05, 0.1) is 12.3 Å². The van der Waals surface area contributed by atoms with Crippen LogP contribution in [0.25, 0.3) is 0 Å². The van der Waals surface area contributed by atoms with Crippen molar-refractivity contribution in [2.45, 2.75) is 18.5 Å². The Kier molecular flexibility index (Phi) is 6.74. The average Bonchev–Trinajstić information content (AvgIpc) is 3.27. The number of amides is 2. The second kappa shape index (κ2) is 9.72. The van der Waals surface area contributed by atoms with E-state index in [1.807, 2.05) is 42.5 Å². The number of ether oxygens (including phenoxy) is 1. The molecule has 176 valence electrons. The third-order valence-electron chi connectivity index (χ3n) is 5.10. The maximum Gasteiger partial charge on any atom is 0.461 e. The molecule has 0 fully saturated rings. The summed E-state index contributed by atoms with van der Waals surface area (Å²) in [6.45, 7) is 0.273. The van der Waals surface area contributed by atoms with Gasteiger partial charge in [0.15, 0.2) is 0 Å². The molecule has 4 rings (SSSR count). The van der Waals surface area contributed by atoms with Crippen LogP contribution in [0.15, 0.2) is 84.0 Å². The van der Waals surface area contributed by atoms with Crippen LogP contribution in [0.2, 0.25) is 5.02 Å². The van der Waals surface area contributed by atoms with Crippen molar-refractivity contribution in [3.63, 3.8) is 0 Å². The molecule has 10 heteroatoms. The van der Waals surface area contributed by atoms with Gasteiger partial charge in [0.1, 0.15) is 5.75 Å².